The molecular formula is C8H12N2S. The minimum absolute atomic E-state index is 0.542. The molecule has 1 saturated carbocycles. The molecule has 0 spiro atoms. The van der Waals surface area contributed by atoms with Gasteiger partial charge in [0.25, 0.3) is 0 Å². The number of aromatic nitrogens is 2. The monoisotopic (exact) mass is 168 g/mol. The molecule has 0 radical (unpaired) electrons. The lowest BCUT2D eigenvalue weighted by atomic mass is 10.2. The molecule has 1 heterocycles. The van der Waals surface area contributed by atoms with E-state index in [0.717, 1.165) is 5.82 Å². The van der Waals surface area contributed by atoms with Crippen molar-refractivity contribution in [3.05, 3.63) is 10.8 Å². The summed E-state index contributed by atoms with van der Waals surface area (Å²) in [6.07, 6.45) is 2.60. The van der Waals surface area contributed by atoms with Crippen LogP contribution in [0.3, 0.4) is 0 Å². The maximum Gasteiger partial charge on any atom is 0.145 e. The van der Waals surface area contributed by atoms with Crippen molar-refractivity contribution in [3.63, 3.8) is 0 Å². The van der Waals surface area contributed by atoms with Gasteiger partial charge >= 0.3 is 0 Å². The molecule has 3 heteroatoms. The summed E-state index contributed by atoms with van der Waals surface area (Å²) in [5.41, 5.74) is 0. The molecule has 1 aliphatic rings. The fourth-order valence-electron chi connectivity index (χ4n) is 0.989. The average Bonchev–Trinajstić information content (AvgIpc) is 2.68. The zero-order valence-electron chi connectivity index (χ0n) is 6.87. The van der Waals surface area contributed by atoms with Gasteiger partial charge in [-0.3, -0.25) is 0 Å². The Morgan fingerprint density at radius 3 is 2.64 bits per heavy atom. The molecule has 1 aliphatic carbocycles. The molecule has 0 N–H and O–H groups in total. The normalized spacial score (nSPS) is 17.7. The minimum atomic E-state index is 0.542. The molecule has 11 heavy (non-hydrogen) atoms. The van der Waals surface area contributed by atoms with Crippen molar-refractivity contribution in [1.82, 2.24) is 9.36 Å². The Bertz CT molecular complexity index is 234. The third-order valence-electron chi connectivity index (χ3n) is 1.89. The van der Waals surface area contributed by atoms with E-state index in [2.05, 4.69) is 23.2 Å². The number of nitrogens with zero attached hydrogens (tertiary/aromatic N) is 2. The summed E-state index contributed by atoms with van der Waals surface area (Å²) in [6.45, 7) is 4.33. The van der Waals surface area contributed by atoms with Crippen LogP contribution in [0, 0.1) is 0 Å². The Labute approximate surface area is 70.8 Å². The highest BCUT2D eigenvalue weighted by atomic mass is 32.1. The molecule has 2 nitrogen and oxygen atoms in total. The first-order chi connectivity index (χ1) is 5.27. The van der Waals surface area contributed by atoms with Crippen LogP contribution in [-0.4, -0.2) is 9.36 Å². The summed E-state index contributed by atoms with van der Waals surface area (Å²) >= 11 is 1.56. The van der Waals surface area contributed by atoms with E-state index < -0.39 is 0 Å². The van der Waals surface area contributed by atoms with Gasteiger partial charge in [0.1, 0.15) is 10.8 Å². The van der Waals surface area contributed by atoms with E-state index >= 15 is 0 Å². The van der Waals surface area contributed by atoms with E-state index in [1.165, 1.54) is 17.8 Å². The standard InChI is InChI=1S/C8H12N2S/c1-5(2)8-9-7(10-11-8)6-3-4-6/h5-6H,3-4H2,1-2H3. The van der Waals surface area contributed by atoms with E-state index in [0.29, 0.717) is 11.8 Å². The number of hydrogen-bond acceptors (Lipinski definition) is 3. The molecule has 0 atom stereocenters. The van der Waals surface area contributed by atoms with Crippen LogP contribution in [0.4, 0.5) is 0 Å². The van der Waals surface area contributed by atoms with Gasteiger partial charge in [0.05, 0.1) is 0 Å². The van der Waals surface area contributed by atoms with Crippen LogP contribution in [0.15, 0.2) is 0 Å². The van der Waals surface area contributed by atoms with E-state index in [4.69, 9.17) is 0 Å². The SMILES string of the molecule is CC(C)c1nc(C2CC2)ns1. The zero-order valence-corrected chi connectivity index (χ0v) is 7.69. The highest BCUT2D eigenvalue weighted by Gasteiger charge is 2.27. The largest absolute Gasteiger partial charge is 0.224 e. The molecule has 1 aromatic rings. The van der Waals surface area contributed by atoms with Gasteiger partial charge in [-0.1, -0.05) is 13.8 Å². The Kier molecular flexibility index (Phi) is 1.68. The predicted octanol–water partition coefficient (Wildman–Crippen LogP) is 2.54. The Hall–Kier alpha value is -0.440. The summed E-state index contributed by atoms with van der Waals surface area (Å²) in [7, 11) is 0. The van der Waals surface area contributed by atoms with Crippen LogP contribution in [-0.2, 0) is 0 Å². The number of hydrogen-bond donors (Lipinski definition) is 0. The van der Waals surface area contributed by atoms with Gasteiger partial charge in [-0.05, 0) is 24.4 Å². The first-order valence-electron chi connectivity index (χ1n) is 4.11. The molecular weight excluding hydrogens is 156 g/mol. The highest BCUT2D eigenvalue weighted by molar-refractivity contribution is 7.05. The number of rotatable bonds is 2. The summed E-state index contributed by atoms with van der Waals surface area (Å²) in [5.74, 6) is 2.34. The lowest BCUT2D eigenvalue weighted by Gasteiger charge is -1.93. The lowest BCUT2D eigenvalue weighted by molar-refractivity contribution is 0.833. The van der Waals surface area contributed by atoms with Crippen LogP contribution < -0.4 is 0 Å². The first-order valence-corrected chi connectivity index (χ1v) is 4.88. The maximum absolute atomic E-state index is 4.48. The fraction of sp³-hybridized carbons (Fsp3) is 0.750. The summed E-state index contributed by atoms with van der Waals surface area (Å²) in [4.78, 5) is 4.48. The van der Waals surface area contributed by atoms with Gasteiger partial charge in [-0.25, -0.2) is 4.98 Å². The highest BCUT2D eigenvalue weighted by Crippen LogP contribution is 2.39. The van der Waals surface area contributed by atoms with Crippen LogP contribution in [0.1, 0.15) is 49.4 Å². The zero-order chi connectivity index (χ0) is 7.84. The van der Waals surface area contributed by atoms with Crippen LogP contribution in [0.25, 0.3) is 0 Å². The average molecular weight is 168 g/mol. The molecule has 0 aliphatic heterocycles. The van der Waals surface area contributed by atoms with Crippen molar-refractivity contribution in [2.45, 2.75) is 38.5 Å². The Morgan fingerprint density at radius 2 is 2.18 bits per heavy atom. The van der Waals surface area contributed by atoms with Crippen molar-refractivity contribution in [2.24, 2.45) is 0 Å². The summed E-state index contributed by atoms with van der Waals surface area (Å²) in [6, 6.07) is 0. The van der Waals surface area contributed by atoms with Gasteiger partial charge < -0.3 is 0 Å². The topological polar surface area (TPSA) is 25.8 Å². The van der Waals surface area contributed by atoms with Crippen molar-refractivity contribution >= 4 is 11.5 Å². The third kappa shape index (κ3) is 1.43. The molecule has 0 unspecified atom stereocenters. The molecule has 0 amide bonds. The van der Waals surface area contributed by atoms with E-state index in [1.54, 1.807) is 11.5 Å². The quantitative estimate of drug-likeness (QED) is 0.678. The van der Waals surface area contributed by atoms with Crippen LogP contribution in [0.2, 0.25) is 0 Å². The van der Waals surface area contributed by atoms with Crippen LogP contribution >= 0.6 is 11.5 Å². The lowest BCUT2D eigenvalue weighted by Crippen LogP contribution is -1.86. The van der Waals surface area contributed by atoms with Crippen molar-refractivity contribution in [2.75, 3.05) is 0 Å². The Balaban J connectivity index is 2.18. The van der Waals surface area contributed by atoms with Gasteiger partial charge in [0.2, 0.25) is 0 Å². The molecule has 2 rings (SSSR count). The molecule has 1 fully saturated rings. The van der Waals surface area contributed by atoms with Crippen molar-refractivity contribution in [3.8, 4) is 0 Å². The molecule has 0 bridgehead atoms. The molecule has 0 aromatic carbocycles. The second kappa shape index (κ2) is 2.55. The van der Waals surface area contributed by atoms with E-state index in [9.17, 15) is 0 Å². The summed E-state index contributed by atoms with van der Waals surface area (Å²) in [5, 5.41) is 1.19. The van der Waals surface area contributed by atoms with Gasteiger partial charge in [0.15, 0.2) is 0 Å². The molecule has 60 valence electrons. The van der Waals surface area contributed by atoms with Crippen LogP contribution in [0.5, 0.6) is 0 Å². The van der Waals surface area contributed by atoms with Crippen molar-refractivity contribution in [1.29, 1.82) is 0 Å². The maximum atomic E-state index is 4.48. The van der Waals surface area contributed by atoms with Gasteiger partial charge in [0, 0.05) is 11.8 Å². The summed E-state index contributed by atoms with van der Waals surface area (Å²) < 4.78 is 4.33. The molecule has 1 aromatic heterocycles. The van der Waals surface area contributed by atoms with E-state index in [-0.39, 0.29) is 0 Å². The minimum Gasteiger partial charge on any atom is -0.224 e. The fourth-order valence-corrected chi connectivity index (χ4v) is 1.71. The smallest absolute Gasteiger partial charge is 0.145 e. The second-order valence-electron chi connectivity index (χ2n) is 3.42. The first kappa shape index (κ1) is 7.22. The van der Waals surface area contributed by atoms with Gasteiger partial charge in [-0.2, -0.15) is 4.37 Å². The van der Waals surface area contributed by atoms with E-state index in [1.807, 2.05) is 0 Å². The van der Waals surface area contributed by atoms with Crippen molar-refractivity contribution < 1.29 is 0 Å². The third-order valence-corrected chi connectivity index (χ3v) is 2.92. The Morgan fingerprint density at radius 1 is 1.45 bits per heavy atom. The predicted molar refractivity (Wildman–Crippen MR) is 46.0 cm³/mol. The van der Waals surface area contributed by atoms with Gasteiger partial charge in [-0.15, -0.1) is 0 Å². The second-order valence-corrected chi connectivity index (χ2v) is 4.20. The molecule has 0 saturated heterocycles.